The molecule has 1 aliphatic carbocycles. The van der Waals surface area contributed by atoms with Crippen LogP contribution in [0, 0.1) is 0 Å². The molecular formula is C11H12OS. The molecule has 2 heteroatoms. The van der Waals surface area contributed by atoms with Gasteiger partial charge in [0.25, 0.3) is 0 Å². The first-order valence-corrected chi connectivity index (χ1v) is 5.29. The lowest BCUT2D eigenvalue weighted by Gasteiger charge is -2.06. The number of aliphatic hydroxyl groups is 1. The summed E-state index contributed by atoms with van der Waals surface area (Å²) in [5, 5.41) is 9.56. The van der Waals surface area contributed by atoms with E-state index in [2.05, 4.69) is 18.2 Å². The summed E-state index contributed by atoms with van der Waals surface area (Å²) in [5.41, 5.74) is 0. The lowest BCUT2D eigenvalue weighted by Crippen LogP contribution is -2.00. The van der Waals surface area contributed by atoms with Crippen molar-refractivity contribution in [1.29, 1.82) is 0 Å². The fourth-order valence-electron chi connectivity index (χ4n) is 1.40. The lowest BCUT2D eigenvalue weighted by atomic mass is 10.3. The zero-order valence-electron chi connectivity index (χ0n) is 7.31. The Balaban J connectivity index is 2.06. The molecule has 1 nitrogen and oxygen atoms in total. The first kappa shape index (κ1) is 8.85. The molecule has 0 spiro atoms. The third kappa shape index (κ3) is 2.14. The Hall–Kier alpha value is -0.730. The molecular weight excluding hydrogens is 180 g/mol. The van der Waals surface area contributed by atoms with E-state index in [0.29, 0.717) is 0 Å². The van der Waals surface area contributed by atoms with Crippen molar-refractivity contribution >= 4 is 11.8 Å². The maximum Gasteiger partial charge on any atom is 0.0851 e. The molecule has 0 heterocycles. The first-order chi connectivity index (χ1) is 6.36. The summed E-state index contributed by atoms with van der Waals surface area (Å²) < 4.78 is 0. The fraction of sp³-hybridized carbons (Fsp3) is 0.273. The quantitative estimate of drug-likeness (QED) is 0.777. The highest BCUT2D eigenvalue weighted by molar-refractivity contribution is 8.03. The van der Waals surface area contributed by atoms with E-state index in [4.69, 9.17) is 0 Å². The molecule has 0 amide bonds. The minimum absolute atomic E-state index is 0.231. The van der Waals surface area contributed by atoms with Gasteiger partial charge in [-0.1, -0.05) is 36.0 Å². The predicted molar refractivity (Wildman–Crippen MR) is 55.6 cm³/mol. The van der Waals surface area contributed by atoms with Crippen molar-refractivity contribution in [3.8, 4) is 0 Å². The van der Waals surface area contributed by atoms with E-state index in [1.807, 2.05) is 18.2 Å². The van der Waals surface area contributed by atoms with Crippen molar-refractivity contribution in [2.45, 2.75) is 23.8 Å². The average molecular weight is 192 g/mol. The highest BCUT2D eigenvalue weighted by atomic mass is 32.2. The number of rotatable bonds is 2. The minimum Gasteiger partial charge on any atom is -0.388 e. The highest BCUT2D eigenvalue weighted by Gasteiger charge is 2.16. The molecule has 0 unspecified atom stereocenters. The van der Waals surface area contributed by atoms with Crippen LogP contribution in [0.15, 0.2) is 46.2 Å². The van der Waals surface area contributed by atoms with Gasteiger partial charge in [0.2, 0.25) is 0 Å². The van der Waals surface area contributed by atoms with E-state index < -0.39 is 0 Å². The standard InChI is InChI=1S/C11H12OS/c12-10-7-4-8-11(10)13-9-5-2-1-3-6-9/h1-3,5-6,8,10,12H,4,7H2/t10-/m1/s1. The third-order valence-corrected chi connectivity index (χ3v) is 3.28. The van der Waals surface area contributed by atoms with E-state index in [9.17, 15) is 5.11 Å². The van der Waals surface area contributed by atoms with E-state index in [1.54, 1.807) is 11.8 Å². The van der Waals surface area contributed by atoms with Gasteiger partial charge in [0, 0.05) is 9.80 Å². The molecule has 68 valence electrons. The van der Waals surface area contributed by atoms with E-state index >= 15 is 0 Å². The van der Waals surface area contributed by atoms with Crippen LogP contribution in [-0.4, -0.2) is 11.2 Å². The van der Waals surface area contributed by atoms with Crippen molar-refractivity contribution in [2.24, 2.45) is 0 Å². The maximum absolute atomic E-state index is 9.56. The molecule has 13 heavy (non-hydrogen) atoms. The van der Waals surface area contributed by atoms with Crippen molar-refractivity contribution < 1.29 is 5.11 Å². The Morgan fingerprint density at radius 3 is 2.62 bits per heavy atom. The summed E-state index contributed by atoms with van der Waals surface area (Å²) in [5.74, 6) is 0. The summed E-state index contributed by atoms with van der Waals surface area (Å²) in [7, 11) is 0. The Kier molecular flexibility index (Phi) is 2.71. The van der Waals surface area contributed by atoms with E-state index in [-0.39, 0.29) is 6.10 Å². The number of aliphatic hydroxyl groups excluding tert-OH is 1. The van der Waals surface area contributed by atoms with Crippen LogP contribution in [0.3, 0.4) is 0 Å². The Labute approximate surface area is 82.5 Å². The normalized spacial score (nSPS) is 21.6. The first-order valence-electron chi connectivity index (χ1n) is 4.47. The number of allylic oxidation sites excluding steroid dienone is 1. The van der Waals surface area contributed by atoms with Gasteiger partial charge >= 0.3 is 0 Å². The van der Waals surface area contributed by atoms with Crippen LogP contribution in [0.4, 0.5) is 0 Å². The zero-order valence-corrected chi connectivity index (χ0v) is 8.13. The largest absolute Gasteiger partial charge is 0.388 e. The Morgan fingerprint density at radius 1 is 1.23 bits per heavy atom. The molecule has 1 atom stereocenters. The van der Waals surface area contributed by atoms with Gasteiger partial charge in [0.05, 0.1) is 6.10 Å². The molecule has 1 aromatic rings. The van der Waals surface area contributed by atoms with Crippen molar-refractivity contribution in [1.82, 2.24) is 0 Å². The topological polar surface area (TPSA) is 20.2 Å². The van der Waals surface area contributed by atoms with Crippen molar-refractivity contribution in [2.75, 3.05) is 0 Å². The van der Waals surface area contributed by atoms with Crippen molar-refractivity contribution in [3.63, 3.8) is 0 Å². The second-order valence-electron chi connectivity index (χ2n) is 3.11. The second-order valence-corrected chi connectivity index (χ2v) is 4.26. The molecule has 0 radical (unpaired) electrons. The molecule has 0 saturated heterocycles. The summed E-state index contributed by atoms with van der Waals surface area (Å²) in [6.45, 7) is 0. The SMILES string of the molecule is O[C@@H]1CCC=C1Sc1ccccc1. The van der Waals surface area contributed by atoms with Crippen LogP contribution in [-0.2, 0) is 0 Å². The van der Waals surface area contributed by atoms with Crippen LogP contribution in [0.2, 0.25) is 0 Å². The minimum atomic E-state index is -0.231. The van der Waals surface area contributed by atoms with Gasteiger partial charge in [0.15, 0.2) is 0 Å². The molecule has 0 aromatic heterocycles. The monoisotopic (exact) mass is 192 g/mol. The molecule has 0 saturated carbocycles. The van der Waals surface area contributed by atoms with Crippen molar-refractivity contribution in [3.05, 3.63) is 41.3 Å². The Bertz CT molecular complexity index is 305. The maximum atomic E-state index is 9.56. The van der Waals surface area contributed by atoms with Gasteiger partial charge in [-0.3, -0.25) is 0 Å². The zero-order chi connectivity index (χ0) is 9.10. The number of thioether (sulfide) groups is 1. The number of benzene rings is 1. The fourth-order valence-corrected chi connectivity index (χ4v) is 2.42. The van der Waals surface area contributed by atoms with Gasteiger partial charge in [-0.25, -0.2) is 0 Å². The lowest BCUT2D eigenvalue weighted by molar-refractivity contribution is 0.219. The average Bonchev–Trinajstić information content (AvgIpc) is 2.54. The molecule has 2 rings (SSSR count). The van der Waals surface area contributed by atoms with Gasteiger partial charge < -0.3 is 5.11 Å². The van der Waals surface area contributed by atoms with Crippen LogP contribution < -0.4 is 0 Å². The van der Waals surface area contributed by atoms with Crippen LogP contribution in [0.1, 0.15) is 12.8 Å². The molecule has 0 bridgehead atoms. The molecule has 1 aromatic carbocycles. The number of hydrogen-bond donors (Lipinski definition) is 1. The molecule has 1 aliphatic rings. The smallest absolute Gasteiger partial charge is 0.0851 e. The van der Waals surface area contributed by atoms with Gasteiger partial charge in [-0.2, -0.15) is 0 Å². The number of hydrogen-bond acceptors (Lipinski definition) is 2. The summed E-state index contributed by atoms with van der Waals surface area (Å²) in [6.07, 6.45) is 3.79. The summed E-state index contributed by atoms with van der Waals surface area (Å²) in [4.78, 5) is 2.31. The second kappa shape index (κ2) is 3.99. The predicted octanol–water partition coefficient (Wildman–Crippen LogP) is 2.82. The Morgan fingerprint density at radius 2 is 2.00 bits per heavy atom. The third-order valence-electron chi connectivity index (χ3n) is 2.09. The van der Waals surface area contributed by atoms with Crippen LogP contribution in [0.5, 0.6) is 0 Å². The van der Waals surface area contributed by atoms with Crippen LogP contribution in [0.25, 0.3) is 0 Å². The van der Waals surface area contributed by atoms with Crippen LogP contribution >= 0.6 is 11.8 Å². The van der Waals surface area contributed by atoms with E-state index in [1.165, 1.54) is 4.90 Å². The summed E-state index contributed by atoms with van der Waals surface area (Å²) in [6, 6.07) is 10.2. The molecule has 0 aliphatic heterocycles. The van der Waals surface area contributed by atoms with E-state index in [0.717, 1.165) is 17.7 Å². The summed E-state index contributed by atoms with van der Waals surface area (Å²) >= 11 is 1.67. The highest BCUT2D eigenvalue weighted by Crippen LogP contribution is 2.34. The molecule has 0 fully saturated rings. The van der Waals surface area contributed by atoms with Gasteiger partial charge in [-0.05, 0) is 25.0 Å². The molecule has 1 N–H and O–H groups in total. The van der Waals surface area contributed by atoms with Gasteiger partial charge in [0.1, 0.15) is 0 Å². The van der Waals surface area contributed by atoms with Gasteiger partial charge in [-0.15, -0.1) is 0 Å².